The van der Waals surface area contributed by atoms with E-state index in [1.165, 1.54) is 18.2 Å². The molecule has 0 atom stereocenters. The van der Waals surface area contributed by atoms with Gasteiger partial charge in [-0.1, -0.05) is 0 Å². The van der Waals surface area contributed by atoms with Crippen LogP contribution in [0.15, 0.2) is 22.1 Å². The number of halogens is 1. The second-order valence-electron chi connectivity index (χ2n) is 2.46. The van der Waals surface area contributed by atoms with Crippen LogP contribution in [0.4, 0.5) is 17.1 Å². The van der Waals surface area contributed by atoms with Gasteiger partial charge in [-0.3, -0.25) is 10.1 Å². The molecule has 0 amide bonds. The normalized spacial score (nSPS) is 8.81. The highest BCUT2D eigenvalue weighted by atomic mass is 127. The Morgan fingerprint density at radius 2 is 1.88 bits per heavy atom. The Balaban J connectivity index is 3.56. The molecule has 0 aliphatic carbocycles. The van der Waals surface area contributed by atoms with Gasteiger partial charge in [-0.25, -0.2) is 9.59 Å². The van der Waals surface area contributed by atoms with Crippen molar-refractivity contribution < 1.29 is 14.5 Å². The van der Waals surface area contributed by atoms with Crippen molar-refractivity contribution in [2.75, 3.05) is 0 Å². The topological polar surface area (TPSA) is 102 Å². The Bertz CT molecular complexity index is 544. The van der Waals surface area contributed by atoms with Crippen LogP contribution in [0, 0.1) is 13.7 Å². The van der Waals surface area contributed by atoms with Crippen LogP contribution in [-0.2, 0) is 9.59 Å². The van der Waals surface area contributed by atoms with Gasteiger partial charge in [-0.05, 0) is 28.7 Å². The van der Waals surface area contributed by atoms with Gasteiger partial charge in [-0.2, -0.15) is 9.98 Å². The first kappa shape index (κ1) is 12.2. The van der Waals surface area contributed by atoms with E-state index in [9.17, 15) is 19.7 Å². The van der Waals surface area contributed by atoms with E-state index in [2.05, 4.69) is 9.98 Å². The number of nitro benzene ring substituents is 1. The molecule has 0 unspecified atom stereocenters. The predicted molar refractivity (Wildman–Crippen MR) is 61.4 cm³/mol. The number of hydrogen-bond acceptors (Lipinski definition) is 6. The van der Waals surface area contributed by atoms with Crippen molar-refractivity contribution in [3.8, 4) is 0 Å². The van der Waals surface area contributed by atoms with Crippen molar-refractivity contribution >= 4 is 51.8 Å². The summed E-state index contributed by atoms with van der Waals surface area (Å²) in [7, 11) is 0. The summed E-state index contributed by atoms with van der Waals surface area (Å²) in [5.74, 6) is 0. The molecule has 0 fully saturated rings. The Morgan fingerprint density at radius 1 is 1.25 bits per heavy atom. The second kappa shape index (κ2) is 5.26. The highest BCUT2D eigenvalue weighted by Gasteiger charge is 2.18. The molecule has 0 bridgehead atoms. The standard InChI is InChI=1S/C8H2IN3O4/c9-6-1-5(10-3-13)2-7(12(15)16)8(6)11-4-14/h1-2H. The molecule has 0 saturated heterocycles. The molecule has 1 aromatic rings. The Morgan fingerprint density at radius 3 is 2.38 bits per heavy atom. The molecular weight excluding hydrogens is 329 g/mol. The van der Waals surface area contributed by atoms with Crippen molar-refractivity contribution in [2.24, 2.45) is 9.98 Å². The summed E-state index contributed by atoms with van der Waals surface area (Å²) in [6.07, 6.45) is 2.50. The zero-order valence-electron chi connectivity index (χ0n) is 7.51. The van der Waals surface area contributed by atoms with Gasteiger partial charge in [0.25, 0.3) is 5.69 Å². The summed E-state index contributed by atoms with van der Waals surface area (Å²) in [5, 5.41) is 10.7. The summed E-state index contributed by atoms with van der Waals surface area (Å²) in [6.45, 7) is 0. The summed E-state index contributed by atoms with van der Waals surface area (Å²) in [5.41, 5.74) is -0.439. The number of benzene rings is 1. The lowest BCUT2D eigenvalue weighted by atomic mass is 10.2. The smallest absolute Gasteiger partial charge is 0.258 e. The average molecular weight is 331 g/mol. The van der Waals surface area contributed by atoms with Gasteiger partial charge in [0.15, 0.2) is 5.69 Å². The second-order valence-corrected chi connectivity index (χ2v) is 3.62. The number of isocyanates is 2. The van der Waals surface area contributed by atoms with Crippen molar-refractivity contribution in [3.63, 3.8) is 0 Å². The van der Waals surface area contributed by atoms with E-state index in [4.69, 9.17) is 0 Å². The largest absolute Gasteiger partial charge is 0.299 e. The van der Waals surface area contributed by atoms with Gasteiger partial charge < -0.3 is 0 Å². The summed E-state index contributed by atoms with van der Waals surface area (Å²) < 4.78 is 0.323. The highest BCUT2D eigenvalue weighted by molar-refractivity contribution is 14.1. The Kier molecular flexibility index (Phi) is 4.01. The van der Waals surface area contributed by atoms with Gasteiger partial charge in [-0.15, -0.1) is 0 Å². The molecule has 7 nitrogen and oxygen atoms in total. The van der Waals surface area contributed by atoms with E-state index in [-0.39, 0.29) is 11.4 Å². The maximum Gasteiger partial charge on any atom is 0.299 e. The minimum atomic E-state index is -0.720. The number of nitrogens with zero attached hydrogens (tertiary/aromatic N) is 3. The lowest BCUT2D eigenvalue weighted by Crippen LogP contribution is -1.90. The molecule has 16 heavy (non-hydrogen) atoms. The minimum Gasteiger partial charge on any atom is -0.258 e. The van der Waals surface area contributed by atoms with Gasteiger partial charge in [0.05, 0.1) is 10.6 Å². The third kappa shape index (κ3) is 2.57. The van der Waals surface area contributed by atoms with Crippen LogP contribution in [0.2, 0.25) is 0 Å². The lowest BCUT2D eigenvalue weighted by Gasteiger charge is -1.99. The first-order valence-corrected chi connectivity index (χ1v) is 4.81. The zero-order chi connectivity index (χ0) is 12.1. The molecule has 0 heterocycles. The van der Waals surface area contributed by atoms with Crippen LogP contribution in [0.1, 0.15) is 0 Å². The molecule has 0 aliphatic heterocycles. The Labute approximate surface area is 102 Å². The summed E-state index contributed by atoms with van der Waals surface area (Å²) >= 11 is 1.74. The Hall–Kier alpha value is -1.89. The fourth-order valence-electron chi connectivity index (χ4n) is 0.983. The van der Waals surface area contributed by atoms with E-state index in [0.717, 1.165) is 6.07 Å². The first-order valence-electron chi connectivity index (χ1n) is 3.74. The third-order valence-electron chi connectivity index (χ3n) is 1.56. The molecule has 0 aliphatic rings. The molecule has 0 aromatic heterocycles. The van der Waals surface area contributed by atoms with Crippen molar-refractivity contribution in [1.29, 1.82) is 0 Å². The molecule has 0 N–H and O–H groups in total. The number of nitro groups is 1. The van der Waals surface area contributed by atoms with E-state index >= 15 is 0 Å². The van der Waals surface area contributed by atoms with E-state index < -0.39 is 10.6 Å². The fourth-order valence-corrected chi connectivity index (χ4v) is 1.70. The lowest BCUT2D eigenvalue weighted by molar-refractivity contribution is -0.384. The van der Waals surface area contributed by atoms with Crippen LogP contribution >= 0.6 is 22.6 Å². The number of rotatable bonds is 3. The van der Waals surface area contributed by atoms with Gasteiger partial charge in [0.1, 0.15) is 0 Å². The van der Waals surface area contributed by atoms with Crippen LogP contribution in [0.5, 0.6) is 0 Å². The van der Waals surface area contributed by atoms with Crippen molar-refractivity contribution in [3.05, 3.63) is 25.8 Å². The molecule has 80 valence electrons. The molecule has 8 heteroatoms. The van der Waals surface area contributed by atoms with Crippen molar-refractivity contribution in [2.45, 2.75) is 0 Å². The molecular formula is C8H2IN3O4. The monoisotopic (exact) mass is 331 g/mol. The van der Waals surface area contributed by atoms with E-state index in [1.807, 2.05) is 0 Å². The minimum absolute atomic E-state index is 0.0796. The first-order chi connectivity index (χ1) is 7.60. The van der Waals surface area contributed by atoms with E-state index in [1.54, 1.807) is 22.6 Å². The predicted octanol–water partition coefficient (Wildman–Crippen LogP) is 2.13. The van der Waals surface area contributed by atoms with Crippen LogP contribution < -0.4 is 0 Å². The SMILES string of the molecule is O=C=Nc1cc(I)c(N=C=O)c([N+](=O)[O-])c1. The zero-order valence-corrected chi connectivity index (χ0v) is 9.66. The maximum atomic E-state index is 10.7. The molecule has 0 radical (unpaired) electrons. The number of carbonyl (C=O) groups excluding carboxylic acids is 2. The summed E-state index contributed by atoms with van der Waals surface area (Å²) in [6, 6.07) is 2.40. The summed E-state index contributed by atoms with van der Waals surface area (Å²) in [4.78, 5) is 36.6. The molecule has 1 rings (SSSR count). The van der Waals surface area contributed by atoms with Crippen LogP contribution in [0.25, 0.3) is 0 Å². The maximum absolute atomic E-state index is 10.7. The van der Waals surface area contributed by atoms with Gasteiger partial charge in [0.2, 0.25) is 12.2 Å². The van der Waals surface area contributed by atoms with Gasteiger partial charge in [0, 0.05) is 9.64 Å². The molecule has 0 spiro atoms. The number of hydrogen-bond donors (Lipinski definition) is 0. The molecule has 1 aromatic carbocycles. The fraction of sp³-hybridized carbons (Fsp3) is 0. The highest BCUT2D eigenvalue weighted by Crippen LogP contribution is 2.36. The van der Waals surface area contributed by atoms with Crippen molar-refractivity contribution in [1.82, 2.24) is 0 Å². The van der Waals surface area contributed by atoms with E-state index in [0.29, 0.717) is 3.57 Å². The number of aliphatic imine (C=N–C) groups is 2. The third-order valence-corrected chi connectivity index (χ3v) is 2.38. The van der Waals surface area contributed by atoms with Crippen LogP contribution in [-0.4, -0.2) is 17.1 Å². The van der Waals surface area contributed by atoms with Crippen LogP contribution in [0.3, 0.4) is 0 Å². The quantitative estimate of drug-likeness (QED) is 0.278. The average Bonchev–Trinajstić information content (AvgIpc) is 2.22. The molecule has 0 saturated carbocycles. The van der Waals surface area contributed by atoms with Gasteiger partial charge >= 0.3 is 0 Å².